The zero-order chi connectivity index (χ0) is 22.4. The lowest BCUT2D eigenvalue weighted by Gasteiger charge is -2.30. The molecule has 0 saturated heterocycles. The van der Waals surface area contributed by atoms with E-state index in [-0.39, 0.29) is 12.2 Å². The maximum Gasteiger partial charge on any atom is 0.338 e. The number of carbonyl (C=O) groups is 2. The van der Waals surface area contributed by atoms with E-state index in [1.54, 1.807) is 56.5 Å². The van der Waals surface area contributed by atoms with E-state index in [1.807, 2.05) is 6.92 Å². The first-order valence-electron chi connectivity index (χ1n) is 9.96. The molecule has 1 heterocycles. The fraction of sp³-hybridized carbons (Fsp3) is 0.304. The molecule has 1 aliphatic heterocycles. The summed E-state index contributed by atoms with van der Waals surface area (Å²) in [6.07, 6.45) is 0. The van der Waals surface area contributed by atoms with Gasteiger partial charge in [-0.15, -0.1) is 0 Å². The molecule has 8 nitrogen and oxygen atoms in total. The van der Waals surface area contributed by atoms with Crippen LogP contribution in [-0.4, -0.2) is 39.4 Å². The summed E-state index contributed by atoms with van der Waals surface area (Å²) in [5.74, 6) is 1.21. The lowest BCUT2D eigenvalue weighted by molar-refractivity contribution is -0.138. The highest BCUT2D eigenvalue weighted by Gasteiger charge is 2.34. The predicted octanol–water partition coefficient (Wildman–Crippen LogP) is 3.43. The van der Waals surface area contributed by atoms with Crippen molar-refractivity contribution in [1.82, 2.24) is 10.6 Å². The summed E-state index contributed by atoms with van der Waals surface area (Å²) in [6.45, 7) is 4.29. The molecular weight excluding hydrogens is 400 g/mol. The Kier molecular flexibility index (Phi) is 7.02. The summed E-state index contributed by atoms with van der Waals surface area (Å²) in [4.78, 5) is 25.5. The third-order valence-electron chi connectivity index (χ3n) is 4.77. The van der Waals surface area contributed by atoms with Crippen molar-refractivity contribution in [2.24, 2.45) is 0 Å². The Hall–Kier alpha value is -3.68. The smallest absolute Gasteiger partial charge is 0.338 e. The summed E-state index contributed by atoms with van der Waals surface area (Å²) < 4.78 is 21.5. The third kappa shape index (κ3) is 4.74. The first kappa shape index (κ1) is 22.0. The van der Waals surface area contributed by atoms with Crippen molar-refractivity contribution in [2.75, 3.05) is 27.4 Å². The minimum Gasteiger partial charge on any atom is -0.497 e. The maximum atomic E-state index is 13.0. The number of hydrogen-bond acceptors (Lipinski definition) is 6. The van der Waals surface area contributed by atoms with Crippen LogP contribution in [-0.2, 0) is 9.53 Å². The van der Waals surface area contributed by atoms with E-state index in [2.05, 4.69) is 10.6 Å². The average Bonchev–Trinajstić information content (AvgIpc) is 2.79. The van der Waals surface area contributed by atoms with E-state index in [4.69, 9.17) is 18.9 Å². The molecule has 0 bridgehead atoms. The largest absolute Gasteiger partial charge is 0.497 e. The molecule has 2 aromatic carbocycles. The Bertz CT molecular complexity index is 984. The highest BCUT2D eigenvalue weighted by molar-refractivity contribution is 6.04. The molecule has 1 unspecified atom stereocenters. The standard InChI is InChI=1S/C23H26N2O6/c1-5-30-17-12-9-15(13-18(17)29-4)21-19(22(26)31-6-2)20(24-23(27)25-21)14-7-10-16(28-3)11-8-14/h7-13,21H,5-6H2,1-4H3,(H2,24,25,27). The zero-order valence-electron chi connectivity index (χ0n) is 18.0. The third-order valence-corrected chi connectivity index (χ3v) is 4.77. The topological polar surface area (TPSA) is 95.1 Å². The van der Waals surface area contributed by atoms with E-state index in [9.17, 15) is 9.59 Å². The van der Waals surface area contributed by atoms with Gasteiger partial charge in [-0.2, -0.15) is 0 Å². The number of esters is 1. The van der Waals surface area contributed by atoms with E-state index in [1.165, 1.54) is 7.11 Å². The minimum atomic E-state index is -0.741. The fourth-order valence-electron chi connectivity index (χ4n) is 3.37. The summed E-state index contributed by atoms with van der Waals surface area (Å²) in [5, 5.41) is 5.57. The fourth-order valence-corrected chi connectivity index (χ4v) is 3.37. The molecule has 1 aliphatic rings. The summed E-state index contributed by atoms with van der Waals surface area (Å²) in [7, 11) is 3.10. The molecular formula is C23H26N2O6. The predicted molar refractivity (Wildman–Crippen MR) is 115 cm³/mol. The molecule has 1 atom stereocenters. The average molecular weight is 426 g/mol. The number of hydrogen-bond donors (Lipinski definition) is 2. The van der Waals surface area contributed by atoms with Crippen LogP contribution in [0.1, 0.15) is 31.0 Å². The first-order chi connectivity index (χ1) is 15.0. The Balaban J connectivity index is 2.14. The monoisotopic (exact) mass is 426 g/mol. The molecule has 164 valence electrons. The van der Waals surface area contributed by atoms with Crippen LogP contribution in [0.25, 0.3) is 5.70 Å². The number of rotatable bonds is 8. The Morgan fingerprint density at radius 2 is 1.71 bits per heavy atom. The van der Waals surface area contributed by atoms with Crippen LogP contribution in [0.2, 0.25) is 0 Å². The van der Waals surface area contributed by atoms with Crippen LogP contribution in [0.4, 0.5) is 4.79 Å². The Morgan fingerprint density at radius 3 is 2.32 bits per heavy atom. The number of methoxy groups -OCH3 is 2. The van der Waals surface area contributed by atoms with Gasteiger partial charge in [-0.1, -0.05) is 6.07 Å². The Morgan fingerprint density at radius 1 is 0.968 bits per heavy atom. The van der Waals surface area contributed by atoms with Crippen molar-refractivity contribution >= 4 is 17.7 Å². The summed E-state index contributed by atoms with van der Waals surface area (Å²) >= 11 is 0. The van der Waals surface area contributed by atoms with Crippen LogP contribution >= 0.6 is 0 Å². The van der Waals surface area contributed by atoms with Gasteiger partial charge in [-0.05, 0) is 61.4 Å². The summed E-state index contributed by atoms with van der Waals surface area (Å²) in [5.41, 5.74) is 1.98. The highest BCUT2D eigenvalue weighted by atomic mass is 16.5. The van der Waals surface area contributed by atoms with Crippen molar-refractivity contribution in [1.29, 1.82) is 0 Å². The van der Waals surface area contributed by atoms with E-state index in [0.717, 1.165) is 0 Å². The second-order valence-corrected chi connectivity index (χ2v) is 6.61. The van der Waals surface area contributed by atoms with Crippen molar-refractivity contribution < 1.29 is 28.5 Å². The maximum absolute atomic E-state index is 13.0. The van der Waals surface area contributed by atoms with Crippen molar-refractivity contribution in [3.63, 3.8) is 0 Å². The molecule has 0 aromatic heterocycles. The van der Waals surface area contributed by atoms with Gasteiger partial charge in [-0.3, -0.25) is 0 Å². The van der Waals surface area contributed by atoms with Crippen LogP contribution in [0.3, 0.4) is 0 Å². The van der Waals surface area contributed by atoms with Gasteiger partial charge in [0.25, 0.3) is 0 Å². The normalized spacial score (nSPS) is 15.6. The van der Waals surface area contributed by atoms with Crippen LogP contribution in [0, 0.1) is 0 Å². The molecule has 0 fully saturated rings. The number of amides is 2. The van der Waals surface area contributed by atoms with Gasteiger partial charge in [0, 0.05) is 0 Å². The van der Waals surface area contributed by atoms with Crippen LogP contribution < -0.4 is 24.8 Å². The van der Waals surface area contributed by atoms with E-state index in [0.29, 0.717) is 40.7 Å². The molecule has 8 heteroatoms. The molecule has 3 rings (SSSR count). The van der Waals surface area contributed by atoms with Crippen molar-refractivity contribution in [3.8, 4) is 17.2 Å². The van der Waals surface area contributed by atoms with Gasteiger partial charge in [0.05, 0.1) is 44.7 Å². The van der Waals surface area contributed by atoms with Gasteiger partial charge >= 0.3 is 12.0 Å². The molecule has 0 saturated carbocycles. The van der Waals surface area contributed by atoms with Gasteiger partial charge in [-0.25, -0.2) is 9.59 Å². The van der Waals surface area contributed by atoms with Crippen LogP contribution in [0.15, 0.2) is 48.0 Å². The van der Waals surface area contributed by atoms with Gasteiger partial charge in [0.2, 0.25) is 0 Å². The van der Waals surface area contributed by atoms with Gasteiger partial charge < -0.3 is 29.6 Å². The number of nitrogens with one attached hydrogen (secondary N) is 2. The number of ether oxygens (including phenoxy) is 4. The molecule has 0 radical (unpaired) electrons. The zero-order valence-corrected chi connectivity index (χ0v) is 18.0. The van der Waals surface area contributed by atoms with Crippen molar-refractivity contribution in [3.05, 3.63) is 59.2 Å². The molecule has 31 heavy (non-hydrogen) atoms. The SMILES string of the molecule is CCOC(=O)C1=C(c2ccc(OC)cc2)NC(=O)NC1c1ccc(OCC)c(OC)c1. The number of benzene rings is 2. The molecule has 2 amide bonds. The van der Waals surface area contributed by atoms with Crippen molar-refractivity contribution in [2.45, 2.75) is 19.9 Å². The minimum absolute atomic E-state index is 0.200. The Labute approximate surface area is 181 Å². The van der Waals surface area contributed by atoms with Crippen LogP contribution in [0.5, 0.6) is 17.2 Å². The van der Waals surface area contributed by atoms with E-state index < -0.39 is 18.0 Å². The molecule has 2 aromatic rings. The second-order valence-electron chi connectivity index (χ2n) is 6.61. The number of urea groups is 1. The van der Waals surface area contributed by atoms with Gasteiger partial charge in [0.1, 0.15) is 5.75 Å². The molecule has 0 spiro atoms. The quantitative estimate of drug-likeness (QED) is 0.628. The second kappa shape index (κ2) is 9.88. The highest BCUT2D eigenvalue weighted by Crippen LogP contribution is 2.36. The lowest BCUT2D eigenvalue weighted by atomic mass is 9.92. The summed E-state index contributed by atoms with van der Waals surface area (Å²) in [6, 6.07) is 11.2. The first-order valence-corrected chi connectivity index (χ1v) is 9.96. The molecule has 0 aliphatic carbocycles. The van der Waals surface area contributed by atoms with E-state index >= 15 is 0 Å². The number of carbonyl (C=O) groups excluding carboxylic acids is 2. The molecule has 2 N–H and O–H groups in total. The van der Waals surface area contributed by atoms with Gasteiger partial charge in [0.15, 0.2) is 11.5 Å². The lowest BCUT2D eigenvalue weighted by Crippen LogP contribution is -2.45.